The van der Waals surface area contributed by atoms with Gasteiger partial charge in [0.25, 0.3) is 5.91 Å². The first-order valence-corrected chi connectivity index (χ1v) is 13.5. The molecule has 4 aromatic carbocycles. The van der Waals surface area contributed by atoms with E-state index in [-0.39, 0.29) is 11.9 Å². The molecule has 3 N–H and O–H groups in total. The molecule has 1 amide bonds. The third-order valence-electron chi connectivity index (χ3n) is 6.80. The number of tetrazole rings is 1. The number of benzene rings is 4. The number of carbonyl (C=O) groups is 1. The van der Waals surface area contributed by atoms with Gasteiger partial charge in [-0.05, 0) is 70.4 Å². The molecule has 0 saturated heterocycles. The van der Waals surface area contributed by atoms with E-state index in [0.29, 0.717) is 29.6 Å². The molecule has 0 fully saturated rings. The predicted octanol–water partition coefficient (Wildman–Crippen LogP) is 5.06. The van der Waals surface area contributed by atoms with Gasteiger partial charge in [0.1, 0.15) is 12.4 Å². The van der Waals surface area contributed by atoms with Crippen LogP contribution in [0.5, 0.6) is 5.75 Å². The largest absolute Gasteiger partial charge is 0.489 e. The quantitative estimate of drug-likeness (QED) is 0.204. The number of ether oxygens (including phenoxy) is 1. The molecule has 1 atom stereocenters. The van der Waals surface area contributed by atoms with Crippen LogP contribution in [0.1, 0.15) is 33.0 Å². The Hall–Kier alpha value is -5.35. The van der Waals surface area contributed by atoms with Crippen LogP contribution in [0.25, 0.3) is 11.4 Å². The standard InChI is InChI=1S/C31H25ClN8O2/c32-25-14-10-24(11-15-25)30(41)34-31(33)40-18-27(21-4-2-1-3-5-21)28(37-40)22-12-16-26(17-13-22)42-19-20-6-8-23(9-7-20)29-35-38-39-36-29/h1-17,27H,18-19H2,(H2,33,34,41)(H,35,36,38,39). The number of aromatic amines is 1. The molecule has 0 spiro atoms. The molecular weight excluding hydrogens is 552 g/mol. The number of hydrogen-bond acceptors (Lipinski definition) is 6. The van der Waals surface area contributed by atoms with Crippen LogP contribution in [0.3, 0.4) is 0 Å². The fourth-order valence-electron chi connectivity index (χ4n) is 4.59. The highest BCUT2D eigenvalue weighted by Gasteiger charge is 2.31. The van der Waals surface area contributed by atoms with Crippen molar-refractivity contribution in [3.05, 3.63) is 130 Å². The highest BCUT2D eigenvalue weighted by atomic mass is 35.5. The minimum absolute atomic E-state index is 0.0242. The maximum Gasteiger partial charge on any atom is 0.280 e. The molecule has 0 bridgehead atoms. The van der Waals surface area contributed by atoms with Gasteiger partial charge in [-0.2, -0.15) is 15.3 Å². The summed E-state index contributed by atoms with van der Waals surface area (Å²) in [5.74, 6) is 0.755. The van der Waals surface area contributed by atoms with Gasteiger partial charge in [-0.1, -0.05) is 66.2 Å². The van der Waals surface area contributed by atoms with Crippen LogP contribution in [-0.4, -0.2) is 49.8 Å². The van der Waals surface area contributed by atoms with E-state index in [4.69, 9.17) is 27.2 Å². The van der Waals surface area contributed by atoms with Crippen LogP contribution in [-0.2, 0) is 6.61 Å². The lowest BCUT2D eigenvalue weighted by atomic mass is 9.90. The van der Waals surface area contributed by atoms with Crippen LogP contribution in [0.4, 0.5) is 0 Å². The van der Waals surface area contributed by atoms with Gasteiger partial charge < -0.3 is 10.5 Å². The minimum atomic E-state index is -0.463. The summed E-state index contributed by atoms with van der Waals surface area (Å²) >= 11 is 5.94. The molecule has 6 rings (SSSR count). The van der Waals surface area contributed by atoms with Crippen LogP contribution in [0.15, 0.2) is 113 Å². The second-order valence-electron chi connectivity index (χ2n) is 9.56. The van der Waals surface area contributed by atoms with E-state index in [9.17, 15) is 4.79 Å². The zero-order valence-corrected chi connectivity index (χ0v) is 23.0. The molecule has 0 saturated carbocycles. The number of nitrogens with one attached hydrogen (secondary N) is 1. The van der Waals surface area contributed by atoms with Crippen molar-refractivity contribution in [2.45, 2.75) is 12.5 Å². The summed E-state index contributed by atoms with van der Waals surface area (Å²) in [4.78, 5) is 16.8. The van der Waals surface area contributed by atoms with E-state index in [1.165, 1.54) is 0 Å². The first kappa shape index (κ1) is 26.9. The molecule has 1 aromatic heterocycles. The van der Waals surface area contributed by atoms with Crippen molar-refractivity contribution in [3.8, 4) is 17.1 Å². The van der Waals surface area contributed by atoms with Crippen molar-refractivity contribution in [2.75, 3.05) is 6.54 Å². The highest BCUT2D eigenvalue weighted by molar-refractivity contribution is 6.30. The number of nitrogens with two attached hydrogens (primary N) is 1. The Labute approximate surface area is 246 Å². The maximum atomic E-state index is 12.7. The van der Waals surface area contributed by atoms with Crippen LogP contribution in [0, 0.1) is 0 Å². The fraction of sp³-hybridized carbons (Fsp3) is 0.0968. The number of amides is 1. The molecule has 0 aliphatic carbocycles. The lowest BCUT2D eigenvalue weighted by molar-refractivity contribution is 0.100. The van der Waals surface area contributed by atoms with Gasteiger partial charge >= 0.3 is 0 Å². The summed E-state index contributed by atoms with van der Waals surface area (Å²) in [7, 11) is 0. The number of halogens is 1. The van der Waals surface area contributed by atoms with E-state index < -0.39 is 5.91 Å². The van der Waals surface area contributed by atoms with Gasteiger partial charge in [-0.15, -0.1) is 10.2 Å². The molecule has 10 nitrogen and oxygen atoms in total. The van der Waals surface area contributed by atoms with Crippen molar-refractivity contribution in [3.63, 3.8) is 0 Å². The summed E-state index contributed by atoms with van der Waals surface area (Å²) in [6.45, 7) is 0.850. The zero-order chi connectivity index (χ0) is 28.9. The van der Waals surface area contributed by atoms with Gasteiger partial charge in [-0.25, -0.2) is 5.01 Å². The van der Waals surface area contributed by atoms with E-state index in [0.717, 1.165) is 33.7 Å². The first-order chi connectivity index (χ1) is 20.5. The van der Waals surface area contributed by atoms with Crippen molar-refractivity contribution < 1.29 is 9.53 Å². The Morgan fingerprint density at radius 3 is 2.36 bits per heavy atom. The average Bonchev–Trinajstić information content (AvgIpc) is 3.73. The predicted molar refractivity (Wildman–Crippen MR) is 160 cm³/mol. The molecule has 11 heteroatoms. The third-order valence-corrected chi connectivity index (χ3v) is 7.05. The monoisotopic (exact) mass is 576 g/mol. The Kier molecular flexibility index (Phi) is 7.69. The van der Waals surface area contributed by atoms with E-state index >= 15 is 0 Å². The summed E-state index contributed by atoms with van der Waals surface area (Å²) in [5, 5.41) is 20.9. The Morgan fingerprint density at radius 1 is 0.952 bits per heavy atom. The number of carbonyl (C=O) groups excluding carboxylic acids is 1. The van der Waals surface area contributed by atoms with Crippen molar-refractivity contribution in [1.29, 1.82) is 0 Å². The summed E-state index contributed by atoms with van der Waals surface area (Å²) in [6.07, 6.45) is 0. The van der Waals surface area contributed by atoms with E-state index in [1.807, 2.05) is 66.7 Å². The number of aliphatic imine (C=N–C) groups is 1. The normalized spacial score (nSPS) is 15.0. The summed E-state index contributed by atoms with van der Waals surface area (Å²) in [6, 6.07) is 32.1. The molecule has 1 aliphatic rings. The van der Waals surface area contributed by atoms with Gasteiger partial charge in [0.2, 0.25) is 11.8 Å². The minimum Gasteiger partial charge on any atom is -0.489 e. The third kappa shape index (κ3) is 6.03. The molecular formula is C31H25ClN8O2. The number of hydrogen-bond donors (Lipinski definition) is 2. The molecule has 1 aliphatic heterocycles. The van der Waals surface area contributed by atoms with Crippen LogP contribution >= 0.6 is 11.6 Å². The first-order valence-electron chi connectivity index (χ1n) is 13.1. The number of guanidine groups is 1. The second-order valence-corrected chi connectivity index (χ2v) is 9.99. The average molecular weight is 577 g/mol. The van der Waals surface area contributed by atoms with Crippen molar-refractivity contribution in [2.24, 2.45) is 15.8 Å². The van der Waals surface area contributed by atoms with Crippen molar-refractivity contribution >= 4 is 29.2 Å². The summed E-state index contributed by atoms with van der Waals surface area (Å²) < 4.78 is 6.02. The molecule has 1 unspecified atom stereocenters. The SMILES string of the molecule is NC(=NC(=O)c1ccc(Cl)cc1)N1CC(c2ccccc2)C(c2ccc(OCc3ccc(-c4nn[nH]n4)cc3)cc2)=N1. The smallest absolute Gasteiger partial charge is 0.280 e. The lowest BCUT2D eigenvalue weighted by Crippen LogP contribution is -2.33. The number of rotatable bonds is 7. The van der Waals surface area contributed by atoms with Gasteiger partial charge in [0.05, 0.1) is 12.3 Å². The molecule has 5 aromatic rings. The zero-order valence-electron chi connectivity index (χ0n) is 22.3. The van der Waals surface area contributed by atoms with E-state index in [2.05, 4.69) is 37.7 Å². The Balaban J connectivity index is 1.18. The van der Waals surface area contributed by atoms with Crippen molar-refractivity contribution in [1.82, 2.24) is 25.6 Å². The molecule has 0 radical (unpaired) electrons. The lowest BCUT2D eigenvalue weighted by Gasteiger charge is -2.15. The fourth-order valence-corrected chi connectivity index (χ4v) is 4.72. The van der Waals surface area contributed by atoms with Gasteiger partial charge in [0, 0.05) is 22.1 Å². The Bertz CT molecular complexity index is 1720. The summed E-state index contributed by atoms with van der Waals surface area (Å²) in [5.41, 5.74) is 11.4. The van der Waals surface area contributed by atoms with Gasteiger partial charge in [0.15, 0.2) is 0 Å². The van der Waals surface area contributed by atoms with Crippen LogP contribution < -0.4 is 10.5 Å². The Morgan fingerprint density at radius 2 is 1.67 bits per heavy atom. The van der Waals surface area contributed by atoms with Crippen LogP contribution in [0.2, 0.25) is 5.02 Å². The molecule has 42 heavy (non-hydrogen) atoms. The topological polar surface area (TPSA) is 135 Å². The number of nitrogens with zero attached hydrogens (tertiary/aromatic N) is 6. The maximum absolute atomic E-state index is 12.7. The number of aromatic nitrogens is 4. The highest BCUT2D eigenvalue weighted by Crippen LogP contribution is 2.30. The molecule has 208 valence electrons. The second kappa shape index (κ2) is 12.0. The molecule has 2 heterocycles. The number of H-pyrrole nitrogens is 1. The van der Waals surface area contributed by atoms with E-state index in [1.54, 1.807) is 29.3 Å². The number of hydrazone groups is 1. The van der Waals surface area contributed by atoms with Gasteiger partial charge in [-0.3, -0.25) is 4.79 Å².